The fourth-order valence-corrected chi connectivity index (χ4v) is 3.98. The van der Waals surface area contributed by atoms with Crippen LogP contribution in [0.1, 0.15) is 19.6 Å². The monoisotopic (exact) mass is 492 g/mol. The Morgan fingerprint density at radius 1 is 1.38 bits per heavy atom. The van der Waals surface area contributed by atoms with Crippen LogP contribution in [-0.4, -0.2) is 56.9 Å². The zero-order valence-electron chi connectivity index (χ0n) is 18.1. The Balaban J connectivity index is 1.67. The number of aromatic nitrogens is 2. The molecule has 13 heteroatoms. The number of terminal acetylenes is 1. The maximum absolute atomic E-state index is 12.9. The average Bonchev–Trinajstić information content (AvgIpc) is 3.19. The van der Waals surface area contributed by atoms with Gasteiger partial charge in [-0.25, -0.2) is 4.79 Å². The van der Waals surface area contributed by atoms with Crippen LogP contribution in [0.3, 0.4) is 0 Å². The third-order valence-electron chi connectivity index (χ3n) is 4.79. The number of carbonyl (C=O) groups excluding carboxylic acids is 1. The average molecular weight is 492 g/mol. The number of para-hydroxylation sites is 1. The second-order valence-electron chi connectivity index (χ2n) is 7.18. The van der Waals surface area contributed by atoms with Crippen LogP contribution in [0.4, 0.5) is 0 Å². The van der Waals surface area contributed by atoms with E-state index in [1.54, 1.807) is 30.3 Å². The van der Waals surface area contributed by atoms with E-state index in [-0.39, 0.29) is 19.6 Å². The summed E-state index contributed by atoms with van der Waals surface area (Å²) in [6.45, 7) is 0.789. The molecular weight excluding hydrogens is 469 g/mol. The summed E-state index contributed by atoms with van der Waals surface area (Å²) in [4.78, 5) is 44.0. The highest BCUT2D eigenvalue weighted by atomic mass is 31.1. The lowest BCUT2D eigenvalue weighted by Crippen LogP contribution is -2.38. The van der Waals surface area contributed by atoms with Gasteiger partial charge in [-0.2, -0.15) is 0 Å². The highest BCUT2D eigenvalue weighted by molar-refractivity contribution is 7.36. The molecule has 0 spiro atoms. The molecule has 0 radical (unpaired) electrons. The van der Waals surface area contributed by atoms with E-state index in [0.717, 1.165) is 15.5 Å². The van der Waals surface area contributed by atoms with Crippen LogP contribution in [0.5, 0.6) is 5.75 Å². The maximum atomic E-state index is 12.9. The quantitative estimate of drug-likeness (QED) is 0.210. The first-order chi connectivity index (χ1) is 16.3. The van der Waals surface area contributed by atoms with Crippen molar-refractivity contribution >= 4 is 14.1 Å². The van der Waals surface area contributed by atoms with E-state index in [9.17, 15) is 24.1 Å². The minimum Gasteiger partial charge on any atom is -0.451 e. The van der Waals surface area contributed by atoms with Crippen LogP contribution in [0.15, 0.2) is 52.2 Å². The highest BCUT2D eigenvalue weighted by Gasteiger charge is 2.45. The van der Waals surface area contributed by atoms with Crippen molar-refractivity contribution in [2.75, 3.05) is 13.2 Å². The molecule has 180 valence electrons. The number of aromatic amines is 1. The number of nitrogens with one attached hydrogen (secondary N) is 1. The number of hydroxylamine groups is 1. The zero-order valence-corrected chi connectivity index (χ0v) is 19.0. The number of benzene rings is 1. The smallest absolute Gasteiger partial charge is 0.451 e. The van der Waals surface area contributed by atoms with Crippen LogP contribution >= 0.6 is 8.18 Å². The number of H-pyrrole nitrogens is 1. The minimum atomic E-state index is -2.77. The molecule has 2 N–H and O–H groups in total. The van der Waals surface area contributed by atoms with Crippen LogP contribution in [0, 0.1) is 12.3 Å². The molecular formula is C21H23N3O9P+. The van der Waals surface area contributed by atoms with Gasteiger partial charge in [0, 0.05) is 18.7 Å². The maximum Gasteiger partial charge on any atom is 0.653 e. The molecule has 1 aromatic heterocycles. The van der Waals surface area contributed by atoms with Crippen LogP contribution in [0.2, 0.25) is 0 Å². The number of ether oxygens (including phenoxy) is 2. The standard InChI is InChI=1S/C21H22N3O9P/c1-3-11-30-20(27)14(2)24(33-15-7-5-4-6-8-15)34(29)31-13-17-16(25)12-19(32-17)23-10-9-18(26)22-21(23)28/h1,4-10,14,16-17,19,25H,11-13H2,2H3/p+1/t14?,16-,17+,19+/m0/s1. The fraction of sp³-hybridized carbons (Fsp3) is 0.381. The molecule has 1 fully saturated rings. The third-order valence-corrected chi connectivity index (χ3v) is 5.91. The van der Waals surface area contributed by atoms with E-state index in [1.165, 1.54) is 13.1 Å². The normalized spacial score (nSPS) is 21.0. The molecule has 2 aromatic rings. The molecule has 0 aliphatic carbocycles. The van der Waals surface area contributed by atoms with E-state index in [2.05, 4.69) is 10.9 Å². The number of aliphatic hydroxyl groups excluding tert-OH is 1. The summed E-state index contributed by atoms with van der Waals surface area (Å²) < 4.78 is 30.0. The van der Waals surface area contributed by atoms with Gasteiger partial charge in [0.25, 0.3) is 5.56 Å². The van der Waals surface area contributed by atoms with Crippen molar-refractivity contribution in [2.45, 2.75) is 37.8 Å². The molecule has 34 heavy (non-hydrogen) atoms. The number of esters is 1. The van der Waals surface area contributed by atoms with Crippen LogP contribution < -0.4 is 16.1 Å². The molecule has 1 aliphatic heterocycles. The molecule has 2 unspecified atom stereocenters. The summed E-state index contributed by atoms with van der Waals surface area (Å²) in [6.07, 6.45) is 3.55. The summed E-state index contributed by atoms with van der Waals surface area (Å²) in [5.41, 5.74) is -1.26. The van der Waals surface area contributed by atoms with Crippen molar-refractivity contribution < 1.29 is 33.3 Å². The summed E-state index contributed by atoms with van der Waals surface area (Å²) in [6, 6.07) is 8.30. The highest BCUT2D eigenvalue weighted by Crippen LogP contribution is 2.35. The second kappa shape index (κ2) is 11.7. The lowest BCUT2D eigenvalue weighted by atomic mass is 10.2. The number of carbonyl (C=O) groups is 1. The Kier molecular flexibility index (Phi) is 8.70. The number of nitrogens with zero attached hydrogens (tertiary/aromatic N) is 2. The molecule has 0 amide bonds. The van der Waals surface area contributed by atoms with Gasteiger partial charge in [0.15, 0.2) is 18.4 Å². The third kappa shape index (κ3) is 6.38. The van der Waals surface area contributed by atoms with E-state index >= 15 is 0 Å². The second-order valence-corrected chi connectivity index (χ2v) is 8.31. The Morgan fingerprint density at radius 3 is 2.79 bits per heavy atom. The van der Waals surface area contributed by atoms with E-state index in [4.69, 9.17) is 25.3 Å². The Morgan fingerprint density at radius 2 is 2.12 bits per heavy atom. The topological polar surface area (TPSA) is 149 Å². The first-order valence-corrected chi connectivity index (χ1v) is 11.3. The number of hydrogen-bond acceptors (Lipinski definition) is 9. The zero-order chi connectivity index (χ0) is 24.7. The van der Waals surface area contributed by atoms with Gasteiger partial charge in [-0.1, -0.05) is 24.1 Å². The van der Waals surface area contributed by atoms with Gasteiger partial charge in [0.2, 0.25) is 0 Å². The molecule has 0 saturated carbocycles. The molecule has 1 aliphatic rings. The minimum absolute atomic E-state index is 0.0375. The lowest BCUT2D eigenvalue weighted by molar-refractivity contribution is -0.153. The molecule has 3 rings (SSSR count). The van der Waals surface area contributed by atoms with Gasteiger partial charge in [0.05, 0.1) is 6.10 Å². The summed E-state index contributed by atoms with van der Waals surface area (Å²) in [7, 11) is -2.77. The summed E-state index contributed by atoms with van der Waals surface area (Å²) in [5.74, 6) is 1.68. The first kappa shape index (κ1) is 25.3. The Hall–Kier alpha value is -3.33. The fourth-order valence-electron chi connectivity index (χ4n) is 3.05. The van der Waals surface area contributed by atoms with Crippen molar-refractivity contribution in [3.05, 3.63) is 63.4 Å². The Bertz CT molecular complexity index is 1160. The van der Waals surface area contributed by atoms with Crippen molar-refractivity contribution in [3.8, 4) is 18.1 Å². The molecule has 1 saturated heterocycles. The number of aliphatic hydroxyl groups is 1. The SMILES string of the molecule is C#CCOC(=O)C(C)N(Oc1ccccc1)[P+](=O)OC[C@H]1O[C@@H](n2ccc(=O)[nH]c2=O)C[C@@H]1O. The molecule has 5 atom stereocenters. The van der Waals surface area contributed by atoms with Gasteiger partial charge in [-0.3, -0.25) is 19.1 Å². The molecule has 1 aromatic carbocycles. The predicted molar refractivity (Wildman–Crippen MR) is 118 cm³/mol. The summed E-state index contributed by atoms with van der Waals surface area (Å²) >= 11 is 0. The van der Waals surface area contributed by atoms with Gasteiger partial charge < -0.3 is 19.4 Å². The molecule has 0 bridgehead atoms. The van der Waals surface area contributed by atoms with Crippen molar-refractivity contribution in [1.82, 2.24) is 14.4 Å². The number of rotatable bonds is 10. The van der Waals surface area contributed by atoms with Crippen molar-refractivity contribution in [3.63, 3.8) is 0 Å². The van der Waals surface area contributed by atoms with E-state index in [0.29, 0.717) is 5.75 Å². The Labute approximate surface area is 194 Å². The predicted octanol–water partition coefficient (Wildman–Crippen LogP) is 0.720. The van der Waals surface area contributed by atoms with E-state index < -0.39 is 49.9 Å². The summed E-state index contributed by atoms with van der Waals surface area (Å²) in [5, 5.41) is 10.3. The number of hydrogen-bond donors (Lipinski definition) is 2. The van der Waals surface area contributed by atoms with Gasteiger partial charge in [-0.05, 0) is 23.6 Å². The van der Waals surface area contributed by atoms with Gasteiger partial charge in [-0.15, -0.1) is 10.9 Å². The van der Waals surface area contributed by atoms with Crippen molar-refractivity contribution in [2.24, 2.45) is 0 Å². The first-order valence-electron chi connectivity index (χ1n) is 10.2. The van der Waals surface area contributed by atoms with E-state index in [1.807, 2.05) is 0 Å². The van der Waals surface area contributed by atoms with Gasteiger partial charge in [0.1, 0.15) is 23.8 Å². The molecule has 2 heterocycles. The van der Waals surface area contributed by atoms with Gasteiger partial charge >= 0.3 is 19.8 Å². The van der Waals surface area contributed by atoms with Crippen molar-refractivity contribution in [1.29, 1.82) is 0 Å². The largest absolute Gasteiger partial charge is 0.653 e. The lowest BCUT2D eigenvalue weighted by Gasteiger charge is -2.17. The van der Waals surface area contributed by atoms with Crippen LogP contribution in [-0.2, 0) is 23.4 Å². The van der Waals surface area contributed by atoms with Crippen LogP contribution in [0.25, 0.3) is 0 Å². The molecule has 12 nitrogen and oxygen atoms in total.